The van der Waals surface area contributed by atoms with Crippen molar-refractivity contribution in [1.29, 1.82) is 0 Å². The van der Waals surface area contributed by atoms with Crippen LogP contribution >= 0.6 is 0 Å². The lowest BCUT2D eigenvalue weighted by Gasteiger charge is -2.16. The largest absolute Gasteiger partial charge is 0.464 e. The summed E-state index contributed by atoms with van der Waals surface area (Å²) in [5, 5.41) is 0. The maximum atomic E-state index is 11.8. The number of esters is 2. The number of hydrogen-bond acceptors (Lipinski definition) is 5. The van der Waals surface area contributed by atoms with Crippen LogP contribution in [0.3, 0.4) is 0 Å². The first-order valence-electron chi connectivity index (χ1n) is 11.6. The van der Waals surface area contributed by atoms with Crippen molar-refractivity contribution in [3.8, 4) is 0 Å². The van der Waals surface area contributed by atoms with Crippen LogP contribution in [0.4, 0.5) is 0 Å². The molecule has 0 bridgehead atoms. The van der Waals surface area contributed by atoms with Crippen LogP contribution in [0.25, 0.3) is 0 Å². The van der Waals surface area contributed by atoms with Crippen molar-refractivity contribution in [2.45, 2.75) is 117 Å². The molecular formula is C23H44O5. The summed E-state index contributed by atoms with van der Waals surface area (Å²) in [5.74, 6) is -0.815. The first kappa shape index (κ1) is 26.9. The Bertz CT molecular complexity index is 370. The van der Waals surface area contributed by atoms with Crippen molar-refractivity contribution in [1.82, 2.24) is 0 Å². The molecule has 0 N–H and O–H groups in total. The standard InChI is InChI=1S/C23H44O5/c1-4-7-9-10-11-12-13-14-15-18-27-22(24)19-26-20-23(25)28-21(16-6-3)17-8-5-2/h21H,4-20H2,1-3H3. The Labute approximate surface area is 172 Å². The van der Waals surface area contributed by atoms with Gasteiger partial charge in [0.2, 0.25) is 0 Å². The lowest BCUT2D eigenvalue weighted by atomic mass is 10.1. The van der Waals surface area contributed by atoms with Crippen LogP contribution < -0.4 is 0 Å². The highest BCUT2D eigenvalue weighted by molar-refractivity contribution is 5.73. The third kappa shape index (κ3) is 18.3. The molecule has 0 heterocycles. The van der Waals surface area contributed by atoms with E-state index in [1.165, 1.54) is 44.9 Å². The molecule has 0 rings (SSSR count). The van der Waals surface area contributed by atoms with Gasteiger partial charge in [-0.05, 0) is 19.3 Å². The van der Waals surface area contributed by atoms with Crippen molar-refractivity contribution in [3.63, 3.8) is 0 Å². The highest BCUT2D eigenvalue weighted by Crippen LogP contribution is 2.11. The van der Waals surface area contributed by atoms with E-state index in [-0.39, 0.29) is 19.3 Å². The monoisotopic (exact) mass is 400 g/mol. The fourth-order valence-electron chi connectivity index (χ4n) is 3.09. The molecule has 1 unspecified atom stereocenters. The number of ether oxygens (including phenoxy) is 3. The maximum absolute atomic E-state index is 11.8. The molecule has 0 aromatic heterocycles. The lowest BCUT2D eigenvalue weighted by molar-refractivity contribution is -0.159. The molecule has 0 saturated heterocycles. The van der Waals surface area contributed by atoms with Crippen molar-refractivity contribution >= 4 is 11.9 Å². The zero-order valence-corrected chi connectivity index (χ0v) is 18.6. The summed E-state index contributed by atoms with van der Waals surface area (Å²) in [5.41, 5.74) is 0. The minimum Gasteiger partial charge on any atom is -0.464 e. The van der Waals surface area contributed by atoms with Crippen molar-refractivity contribution in [2.75, 3.05) is 19.8 Å². The van der Waals surface area contributed by atoms with Crippen LogP contribution in [0.5, 0.6) is 0 Å². The molecule has 1 atom stereocenters. The molecule has 0 aromatic carbocycles. The topological polar surface area (TPSA) is 61.8 Å². The second-order valence-electron chi connectivity index (χ2n) is 7.58. The SMILES string of the molecule is CCCCCCCCCCCOC(=O)COCC(=O)OC(CCC)CCCC. The van der Waals surface area contributed by atoms with Gasteiger partial charge in [-0.15, -0.1) is 0 Å². The highest BCUT2D eigenvalue weighted by atomic mass is 16.6. The quantitative estimate of drug-likeness (QED) is 0.186. The Morgan fingerprint density at radius 2 is 1.21 bits per heavy atom. The highest BCUT2D eigenvalue weighted by Gasteiger charge is 2.14. The van der Waals surface area contributed by atoms with E-state index in [4.69, 9.17) is 14.2 Å². The molecule has 28 heavy (non-hydrogen) atoms. The van der Waals surface area contributed by atoms with Gasteiger partial charge in [0.15, 0.2) is 0 Å². The number of hydrogen-bond donors (Lipinski definition) is 0. The van der Waals surface area contributed by atoms with Gasteiger partial charge in [-0.3, -0.25) is 0 Å². The minimum atomic E-state index is -0.413. The van der Waals surface area contributed by atoms with Crippen molar-refractivity contribution < 1.29 is 23.8 Å². The van der Waals surface area contributed by atoms with Gasteiger partial charge in [0.05, 0.1) is 6.61 Å². The molecule has 0 spiro atoms. The summed E-state index contributed by atoms with van der Waals surface area (Å²) < 4.78 is 15.7. The molecule has 0 radical (unpaired) electrons. The Balaban J connectivity index is 3.56. The van der Waals surface area contributed by atoms with Gasteiger partial charge in [-0.2, -0.15) is 0 Å². The van der Waals surface area contributed by atoms with E-state index in [1.807, 2.05) is 0 Å². The number of carbonyl (C=O) groups excluding carboxylic acids is 2. The Kier molecular flexibility index (Phi) is 19.8. The summed E-state index contributed by atoms with van der Waals surface area (Å²) in [4.78, 5) is 23.4. The van der Waals surface area contributed by atoms with E-state index in [0.29, 0.717) is 6.61 Å². The van der Waals surface area contributed by atoms with E-state index in [2.05, 4.69) is 20.8 Å². The maximum Gasteiger partial charge on any atom is 0.332 e. The van der Waals surface area contributed by atoms with Crippen molar-refractivity contribution in [2.24, 2.45) is 0 Å². The van der Waals surface area contributed by atoms with Crippen LogP contribution in [0.1, 0.15) is 111 Å². The molecule has 0 aromatic rings. The molecule has 5 nitrogen and oxygen atoms in total. The molecule has 0 saturated carbocycles. The normalized spacial score (nSPS) is 12.0. The molecule has 166 valence electrons. The van der Waals surface area contributed by atoms with Gasteiger partial charge in [0.25, 0.3) is 0 Å². The van der Waals surface area contributed by atoms with E-state index in [0.717, 1.165) is 44.9 Å². The fourth-order valence-corrected chi connectivity index (χ4v) is 3.09. The summed E-state index contributed by atoms with van der Waals surface area (Å²) >= 11 is 0. The third-order valence-corrected chi connectivity index (χ3v) is 4.74. The molecule has 5 heteroatoms. The predicted molar refractivity (Wildman–Crippen MR) is 113 cm³/mol. The minimum absolute atomic E-state index is 0.0420. The van der Waals surface area contributed by atoms with Crippen LogP contribution in [-0.4, -0.2) is 37.9 Å². The first-order chi connectivity index (χ1) is 13.6. The van der Waals surface area contributed by atoms with Gasteiger partial charge in [-0.25, -0.2) is 9.59 Å². The molecule has 0 amide bonds. The number of carbonyl (C=O) groups is 2. The van der Waals surface area contributed by atoms with E-state index in [1.54, 1.807) is 0 Å². The van der Waals surface area contributed by atoms with Gasteiger partial charge in [0, 0.05) is 0 Å². The van der Waals surface area contributed by atoms with Gasteiger partial charge < -0.3 is 14.2 Å². The van der Waals surface area contributed by atoms with Gasteiger partial charge >= 0.3 is 11.9 Å². The zero-order chi connectivity index (χ0) is 20.9. The predicted octanol–water partition coefficient (Wildman–Crippen LogP) is 5.98. The van der Waals surface area contributed by atoms with Crippen LogP contribution in [0.15, 0.2) is 0 Å². The first-order valence-corrected chi connectivity index (χ1v) is 11.6. The molecule has 0 aliphatic carbocycles. The average Bonchev–Trinajstić information content (AvgIpc) is 2.67. The van der Waals surface area contributed by atoms with Crippen LogP contribution in [0, 0.1) is 0 Å². The summed E-state index contributed by atoms with van der Waals surface area (Å²) in [6.45, 7) is 6.47. The Hall–Kier alpha value is -1.10. The van der Waals surface area contributed by atoms with E-state index in [9.17, 15) is 9.59 Å². The van der Waals surface area contributed by atoms with Gasteiger partial charge in [0.1, 0.15) is 19.3 Å². The molecule has 0 aliphatic rings. The summed E-state index contributed by atoms with van der Waals surface area (Å²) in [6.07, 6.45) is 15.9. The summed E-state index contributed by atoms with van der Waals surface area (Å²) in [7, 11) is 0. The average molecular weight is 401 g/mol. The van der Waals surface area contributed by atoms with E-state index < -0.39 is 11.9 Å². The molecule has 0 fully saturated rings. The second-order valence-corrected chi connectivity index (χ2v) is 7.58. The van der Waals surface area contributed by atoms with Crippen molar-refractivity contribution in [3.05, 3.63) is 0 Å². The zero-order valence-electron chi connectivity index (χ0n) is 18.6. The van der Waals surface area contributed by atoms with Gasteiger partial charge in [-0.1, -0.05) is 91.4 Å². The second kappa shape index (κ2) is 20.6. The molecule has 0 aliphatic heterocycles. The smallest absolute Gasteiger partial charge is 0.332 e. The van der Waals surface area contributed by atoms with Crippen LogP contribution in [0.2, 0.25) is 0 Å². The Morgan fingerprint density at radius 1 is 0.643 bits per heavy atom. The Morgan fingerprint density at radius 3 is 1.82 bits per heavy atom. The third-order valence-electron chi connectivity index (χ3n) is 4.74. The number of unbranched alkanes of at least 4 members (excludes halogenated alkanes) is 9. The number of rotatable bonds is 20. The summed E-state index contributed by atoms with van der Waals surface area (Å²) in [6, 6.07) is 0. The lowest BCUT2D eigenvalue weighted by Crippen LogP contribution is -2.23. The van der Waals surface area contributed by atoms with Crippen LogP contribution in [-0.2, 0) is 23.8 Å². The molecular weight excluding hydrogens is 356 g/mol. The van der Waals surface area contributed by atoms with E-state index >= 15 is 0 Å². The fraction of sp³-hybridized carbons (Fsp3) is 0.913.